The SMILES string of the molecule is COc1ccc([C@@H]2C[C@H]3CC[C@@H]([C@H]2COC=O)N3C(=O)OC(C)(C)C)cc1. The molecule has 27 heavy (non-hydrogen) atoms. The van der Waals surface area contributed by atoms with Gasteiger partial charge in [0, 0.05) is 18.0 Å². The van der Waals surface area contributed by atoms with E-state index in [1.165, 1.54) is 5.56 Å². The maximum Gasteiger partial charge on any atom is 0.410 e. The predicted octanol–water partition coefficient (Wildman–Crippen LogP) is 3.74. The topological polar surface area (TPSA) is 65.1 Å². The molecule has 2 aliphatic heterocycles. The summed E-state index contributed by atoms with van der Waals surface area (Å²) in [7, 11) is 1.65. The summed E-state index contributed by atoms with van der Waals surface area (Å²) >= 11 is 0. The van der Waals surface area contributed by atoms with Crippen molar-refractivity contribution < 1.29 is 23.8 Å². The molecule has 6 heteroatoms. The van der Waals surface area contributed by atoms with Crippen LogP contribution in [0.4, 0.5) is 4.79 Å². The molecule has 0 N–H and O–H groups in total. The monoisotopic (exact) mass is 375 g/mol. The Labute approximate surface area is 160 Å². The first-order valence-electron chi connectivity index (χ1n) is 9.54. The van der Waals surface area contributed by atoms with E-state index in [2.05, 4.69) is 12.1 Å². The van der Waals surface area contributed by atoms with Gasteiger partial charge in [0.05, 0.1) is 13.7 Å². The van der Waals surface area contributed by atoms with Crippen molar-refractivity contribution in [3.8, 4) is 5.75 Å². The second-order valence-electron chi connectivity index (χ2n) is 8.39. The molecule has 0 radical (unpaired) electrons. The van der Waals surface area contributed by atoms with E-state index in [-0.39, 0.29) is 30.0 Å². The summed E-state index contributed by atoms with van der Waals surface area (Å²) in [6.45, 7) is 6.43. The van der Waals surface area contributed by atoms with Gasteiger partial charge in [-0.3, -0.25) is 4.79 Å². The van der Waals surface area contributed by atoms with Crippen LogP contribution in [-0.4, -0.2) is 48.9 Å². The molecule has 1 aromatic rings. The van der Waals surface area contributed by atoms with Gasteiger partial charge >= 0.3 is 6.09 Å². The molecule has 4 atom stereocenters. The second-order valence-corrected chi connectivity index (χ2v) is 8.39. The van der Waals surface area contributed by atoms with Crippen LogP contribution in [0.15, 0.2) is 24.3 Å². The number of hydrogen-bond donors (Lipinski definition) is 0. The molecule has 6 nitrogen and oxygen atoms in total. The summed E-state index contributed by atoms with van der Waals surface area (Å²) < 4.78 is 16.1. The molecule has 2 aliphatic rings. The lowest BCUT2D eigenvalue weighted by Gasteiger charge is -2.44. The lowest BCUT2D eigenvalue weighted by atomic mass is 9.76. The van der Waals surface area contributed by atoms with Crippen LogP contribution in [0, 0.1) is 5.92 Å². The summed E-state index contributed by atoms with van der Waals surface area (Å²) in [5.41, 5.74) is 0.661. The molecule has 0 aromatic heterocycles. The lowest BCUT2D eigenvalue weighted by molar-refractivity contribution is -0.131. The quantitative estimate of drug-likeness (QED) is 0.734. The molecule has 2 saturated heterocycles. The average Bonchev–Trinajstić information content (AvgIpc) is 2.95. The fourth-order valence-corrected chi connectivity index (χ4v) is 4.51. The minimum absolute atomic E-state index is 0.0191. The lowest BCUT2D eigenvalue weighted by Crippen LogP contribution is -2.53. The molecule has 148 valence electrons. The van der Waals surface area contributed by atoms with Crippen LogP contribution in [-0.2, 0) is 14.3 Å². The van der Waals surface area contributed by atoms with Gasteiger partial charge in [-0.15, -0.1) is 0 Å². The Morgan fingerprint density at radius 1 is 1.22 bits per heavy atom. The molecule has 2 fully saturated rings. The molecule has 2 bridgehead atoms. The zero-order valence-electron chi connectivity index (χ0n) is 16.5. The van der Waals surface area contributed by atoms with Crippen LogP contribution in [0.3, 0.4) is 0 Å². The van der Waals surface area contributed by atoms with E-state index in [0.29, 0.717) is 13.1 Å². The Hall–Kier alpha value is -2.24. The van der Waals surface area contributed by atoms with E-state index in [9.17, 15) is 9.59 Å². The molecule has 0 aliphatic carbocycles. The van der Waals surface area contributed by atoms with Crippen molar-refractivity contribution in [3.63, 3.8) is 0 Å². The predicted molar refractivity (Wildman–Crippen MR) is 101 cm³/mol. The van der Waals surface area contributed by atoms with Gasteiger partial charge in [0.1, 0.15) is 11.4 Å². The maximum absolute atomic E-state index is 12.8. The third-order valence-electron chi connectivity index (χ3n) is 5.59. The van der Waals surface area contributed by atoms with Crippen molar-refractivity contribution >= 4 is 12.6 Å². The Morgan fingerprint density at radius 3 is 2.52 bits per heavy atom. The highest BCUT2D eigenvalue weighted by Crippen LogP contribution is 2.47. The zero-order valence-corrected chi connectivity index (χ0v) is 16.5. The molecule has 0 unspecified atom stereocenters. The second kappa shape index (κ2) is 7.79. The number of methoxy groups -OCH3 is 1. The fourth-order valence-electron chi connectivity index (χ4n) is 4.51. The Kier molecular flexibility index (Phi) is 5.63. The summed E-state index contributed by atoms with van der Waals surface area (Å²) in [5, 5.41) is 0. The van der Waals surface area contributed by atoms with E-state index in [4.69, 9.17) is 14.2 Å². The highest BCUT2D eigenvalue weighted by molar-refractivity contribution is 5.70. The first-order chi connectivity index (χ1) is 12.8. The number of fused-ring (bicyclic) bond motifs is 2. The average molecular weight is 375 g/mol. The molecule has 3 rings (SSSR count). The third-order valence-corrected chi connectivity index (χ3v) is 5.59. The van der Waals surface area contributed by atoms with Crippen LogP contribution in [0.1, 0.15) is 51.5 Å². The number of piperidine rings is 1. The summed E-state index contributed by atoms with van der Waals surface area (Å²) in [5.74, 6) is 1.09. The highest BCUT2D eigenvalue weighted by Gasteiger charge is 2.50. The molecule has 2 heterocycles. The normalized spacial score (nSPS) is 27.2. The summed E-state index contributed by atoms with van der Waals surface area (Å²) in [6, 6.07) is 8.22. The van der Waals surface area contributed by atoms with E-state index >= 15 is 0 Å². The largest absolute Gasteiger partial charge is 0.497 e. The maximum atomic E-state index is 12.8. The molecular formula is C21H29NO5. The van der Waals surface area contributed by atoms with E-state index in [1.54, 1.807) is 7.11 Å². The minimum atomic E-state index is -0.530. The first kappa shape index (κ1) is 19.5. The van der Waals surface area contributed by atoms with Crippen LogP contribution < -0.4 is 4.74 Å². The van der Waals surface area contributed by atoms with Gasteiger partial charge in [0.15, 0.2) is 0 Å². The van der Waals surface area contributed by atoms with Gasteiger partial charge in [0.25, 0.3) is 6.47 Å². The number of ether oxygens (including phenoxy) is 3. The summed E-state index contributed by atoms with van der Waals surface area (Å²) in [4.78, 5) is 25.5. The zero-order chi connectivity index (χ0) is 19.6. The number of carbonyl (C=O) groups is 2. The molecule has 0 spiro atoms. The number of amides is 1. The van der Waals surface area contributed by atoms with Crippen molar-refractivity contribution in [2.75, 3.05) is 13.7 Å². The highest BCUT2D eigenvalue weighted by atomic mass is 16.6. The summed E-state index contributed by atoms with van der Waals surface area (Å²) in [6.07, 6.45) is 2.44. The van der Waals surface area contributed by atoms with Crippen molar-refractivity contribution in [1.29, 1.82) is 0 Å². The molecular weight excluding hydrogens is 346 g/mol. The number of benzene rings is 1. The van der Waals surface area contributed by atoms with Crippen molar-refractivity contribution in [3.05, 3.63) is 29.8 Å². The van der Waals surface area contributed by atoms with E-state index in [0.717, 1.165) is 25.0 Å². The van der Waals surface area contributed by atoms with Crippen molar-refractivity contribution in [2.45, 2.75) is 63.6 Å². The van der Waals surface area contributed by atoms with Gasteiger partial charge in [0.2, 0.25) is 0 Å². The van der Waals surface area contributed by atoms with Gasteiger partial charge in [-0.05, 0) is 63.6 Å². The van der Waals surface area contributed by atoms with E-state index < -0.39 is 5.60 Å². The van der Waals surface area contributed by atoms with Crippen LogP contribution in [0.2, 0.25) is 0 Å². The molecule has 1 aromatic carbocycles. The minimum Gasteiger partial charge on any atom is -0.497 e. The first-order valence-corrected chi connectivity index (χ1v) is 9.54. The van der Waals surface area contributed by atoms with Gasteiger partial charge in [-0.1, -0.05) is 12.1 Å². The molecule has 0 saturated carbocycles. The molecule has 1 amide bonds. The number of hydrogen-bond acceptors (Lipinski definition) is 5. The Balaban J connectivity index is 1.85. The van der Waals surface area contributed by atoms with Gasteiger partial charge < -0.3 is 19.1 Å². The standard InChI is InChI=1S/C21H29NO5/c1-21(2,3)27-20(24)22-15-7-10-19(22)18(12-26-13-23)17(11-15)14-5-8-16(25-4)9-6-14/h5-6,8-9,13,15,17-19H,7,10-12H2,1-4H3/t15-,17+,18+,19+/m1/s1. The van der Waals surface area contributed by atoms with Crippen LogP contribution in [0.5, 0.6) is 5.75 Å². The Bertz CT molecular complexity index is 666. The van der Waals surface area contributed by atoms with Crippen LogP contribution in [0.25, 0.3) is 0 Å². The van der Waals surface area contributed by atoms with Gasteiger partial charge in [-0.2, -0.15) is 0 Å². The Morgan fingerprint density at radius 2 is 1.93 bits per heavy atom. The van der Waals surface area contributed by atoms with E-state index in [1.807, 2.05) is 37.8 Å². The number of carbonyl (C=O) groups excluding carboxylic acids is 2. The third kappa shape index (κ3) is 4.20. The number of nitrogens with zero attached hydrogens (tertiary/aromatic N) is 1. The van der Waals surface area contributed by atoms with Crippen LogP contribution >= 0.6 is 0 Å². The fraction of sp³-hybridized carbons (Fsp3) is 0.619. The van der Waals surface area contributed by atoms with Gasteiger partial charge in [-0.25, -0.2) is 4.79 Å². The number of rotatable bonds is 5. The van der Waals surface area contributed by atoms with Crippen molar-refractivity contribution in [1.82, 2.24) is 4.90 Å². The van der Waals surface area contributed by atoms with Crippen molar-refractivity contribution in [2.24, 2.45) is 5.92 Å². The smallest absolute Gasteiger partial charge is 0.410 e.